The van der Waals surface area contributed by atoms with E-state index in [1.54, 1.807) is 18.3 Å². The number of anilines is 1. The molecule has 4 N–H and O–H groups in total. The van der Waals surface area contributed by atoms with E-state index in [-0.39, 0.29) is 0 Å². The van der Waals surface area contributed by atoms with Crippen molar-refractivity contribution in [2.75, 3.05) is 4.90 Å². The van der Waals surface area contributed by atoms with Gasteiger partial charge in [-0.25, -0.2) is 0 Å². The molecule has 0 spiro atoms. The molecule has 1 aromatic heterocycles. The Bertz CT molecular complexity index is 1060. The van der Waals surface area contributed by atoms with Gasteiger partial charge in [-0.2, -0.15) is 0 Å². The van der Waals surface area contributed by atoms with Crippen molar-refractivity contribution in [2.24, 2.45) is 11.5 Å². The molecular weight excluding hydrogens is 348 g/mol. The average Bonchev–Trinajstić information content (AvgIpc) is 2.75. The van der Waals surface area contributed by atoms with Gasteiger partial charge in [-0.1, -0.05) is 42.5 Å². The first-order valence-electron chi connectivity index (χ1n) is 8.98. The first-order chi connectivity index (χ1) is 13.6. The minimum atomic E-state index is -0.482. The number of amides is 1. The lowest BCUT2D eigenvalue weighted by molar-refractivity contribution is 0.1000. The van der Waals surface area contributed by atoms with Crippen LogP contribution in [0.15, 0.2) is 91.3 Å². The van der Waals surface area contributed by atoms with Gasteiger partial charge in [0.15, 0.2) is 0 Å². The predicted octanol–water partition coefficient (Wildman–Crippen LogP) is 3.41. The topological polar surface area (TPSA) is 85.2 Å². The summed E-state index contributed by atoms with van der Waals surface area (Å²) < 4.78 is 0. The Labute approximate surface area is 163 Å². The normalized spacial score (nSPS) is 16.3. The lowest BCUT2D eigenvalue weighted by atomic mass is 9.92. The summed E-state index contributed by atoms with van der Waals surface area (Å²) in [6.45, 7) is 0. The van der Waals surface area contributed by atoms with Crippen LogP contribution in [-0.2, 0) is 0 Å². The summed E-state index contributed by atoms with van der Waals surface area (Å²) in [4.78, 5) is 18.4. The van der Waals surface area contributed by atoms with E-state index >= 15 is 0 Å². The highest BCUT2D eigenvalue weighted by Crippen LogP contribution is 2.34. The molecule has 0 bridgehead atoms. The number of hydrogen-bond acceptors (Lipinski definition) is 4. The van der Waals surface area contributed by atoms with Crippen LogP contribution in [0.2, 0.25) is 0 Å². The van der Waals surface area contributed by atoms with Crippen LogP contribution in [0.5, 0.6) is 0 Å². The third-order valence-electron chi connectivity index (χ3n) is 4.73. The molecule has 1 aliphatic heterocycles. The fourth-order valence-electron chi connectivity index (χ4n) is 3.37. The summed E-state index contributed by atoms with van der Waals surface area (Å²) in [7, 11) is 0. The van der Waals surface area contributed by atoms with E-state index in [0.717, 1.165) is 28.1 Å². The number of carbonyl (C=O) groups is 1. The van der Waals surface area contributed by atoms with Crippen molar-refractivity contribution in [1.82, 2.24) is 4.98 Å². The Morgan fingerprint density at radius 1 is 0.929 bits per heavy atom. The third kappa shape index (κ3) is 3.31. The molecular formula is C23H20N4O. The second kappa shape index (κ2) is 7.50. The number of carbonyl (C=O) groups excluding carboxylic acids is 1. The van der Waals surface area contributed by atoms with Gasteiger partial charge in [0.25, 0.3) is 0 Å². The SMILES string of the molecule is NC(=O)c1ccccc1C1=CC(c2ccccn2)=CN(c2ccccc2)C1N. The van der Waals surface area contributed by atoms with Gasteiger partial charge in [-0.15, -0.1) is 0 Å². The Morgan fingerprint density at radius 3 is 2.36 bits per heavy atom. The summed E-state index contributed by atoms with van der Waals surface area (Å²) in [5.41, 5.74) is 16.9. The molecule has 1 unspecified atom stereocenters. The van der Waals surface area contributed by atoms with Crippen LogP contribution in [0.3, 0.4) is 0 Å². The zero-order chi connectivity index (χ0) is 19.5. The van der Waals surface area contributed by atoms with Crippen LogP contribution >= 0.6 is 0 Å². The van der Waals surface area contributed by atoms with Crippen molar-refractivity contribution in [3.05, 3.63) is 108 Å². The highest BCUT2D eigenvalue weighted by molar-refractivity contribution is 6.01. The Balaban J connectivity index is 1.89. The van der Waals surface area contributed by atoms with Crippen molar-refractivity contribution < 1.29 is 4.79 Å². The van der Waals surface area contributed by atoms with Crippen molar-refractivity contribution in [3.63, 3.8) is 0 Å². The minimum Gasteiger partial charge on any atom is -0.366 e. The minimum absolute atomic E-state index is 0.444. The fourth-order valence-corrected chi connectivity index (χ4v) is 3.37. The van der Waals surface area contributed by atoms with Gasteiger partial charge < -0.3 is 16.4 Å². The highest BCUT2D eigenvalue weighted by Gasteiger charge is 2.26. The van der Waals surface area contributed by atoms with Gasteiger partial charge in [0.05, 0.1) is 5.69 Å². The largest absolute Gasteiger partial charge is 0.366 e. The van der Waals surface area contributed by atoms with Gasteiger partial charge in [-0.3, -0.25) is 9.78 Å². The van der Waals surface area contributed by atoms with E-state index in [9.17, 15) is 4.79 Å². The lowest BCUT2D eigenvalue weighted by Crippen LogP contribution is -2.41. The number of benzene rings is 2. The number of hydrogen-bond donors (Lipinski definition) is 2. The first kappa shape index (κ1) is 17.7. The number of nitrogens with two attached hydrogens (primary N) is 2. The number of pyridine rings is 1. The molecule has 1 atom stereocenters. The highest BCUT2D eigenvalue weighted by atomic mass is 16.1. The van der Waals surface area contributed by atoms with Gasteiger partial charge in [0, 0.05) is 29.2 Å². The molecule has 0 saturated carbocycles. The monoisotopic (exact) mass is 368 g/mol. The Hall–Kier alpha value is -3.70. The zero-order valence-electron chi connectivity index (χ0n) is 15.2. The van der Waals surface area contributed by atoms with Crippen LogP contribution in [0, 0.1) is 0 Å². The average molecular weight is 368 g/mol. The summed E-state index contributed by atoms with van der Waals surface area (Å²) in [6.07, 6.45) is 5.24. The van der Waals surface area contributed by atoms with E-state index in [2.05, 4.69) is 4.98 Å². The maximum Gasteiger partial charge on any atom is 0.249 e. The molecule has 138 valence electrons. The second-order valence-corrected chi connectivity index (χ2v) is 6.50. The molecule has 5 heteroatoms. The molecule has 5 nitrogen and oxygen atoms in total. The third-order valence-corrected chi connectivity index (χ3v) is 4.73. The maximum atomic E-state index is 12.0. The molecule has 0 aliphatic carbocycles. The van der Waals surface area contributed by atoms with E-state index in [1.165, 1.54) is 0 Å². The molecule has 28 heavy (non-hydrogen) atoms. The van der Waals surface area contributed by atoms with Crippen molar-refractivity contribution in [1.29, 1.82) is 0 Å². The standard InChI is InChI=1S/C23H20N4O/c24-22-20(18-10-4-5-11-19(18)23(25)28)14-16(21-12-6-7-13-26-21)15-27(22)17-8-2-1-3-9-17/h1-15,22H,24H2,(H2,25,28). The Morgan fingerprint density at radius 2 is 1.64 bits per heavy atom. The van der Waals surface area contributed by atoms with Gasteiger partial charge in [0.2, 0.25) is 5.91 Å². The number of aromatic nitrogens is 1. The van der Waals surface area contributed by atoms with Crippen LogP contribution < -0.4 is 16.4 Å². The van der Waals surface area contributed by atoms with Crippen LogP contribution in [0.1, 0.15) is 21.6 Å². The molecule has 2 aromatic carbocycles. The van der Waals surface area contributed by atoms with Crippen LogP contribution in [0.25, 0.3) is 11.1 Å². The summed E-state index contributed by atoms with van der Waals surface area (Å²) in [5, 5.41) is 0. The van der Waals surface area contributed by atoms with E-state index in [0.29, 0.717) is 5.56 Å². The van der Waals surface area contributed by atoms with E-state index in [1.807, 2.05) is 77.8 Å². The molecule has 1 amide bonds. The summed E-state index contributed by atoms with van der Waals surface area (Å²) in [6, 6.07) is 22.9. The lowest BCUT2D eigenvalue weighted by Gasteiger charge is -2.34. The van der Waals surface area contributed by atoms with Crippen molar-refractivity contribution in [3.8, 4) is 0 Å². The molecule has 3 aromatic rings. The molecule has 0 radical (unpaired) electrons. The van der Waals surface area contributed by atoms with E-state index in [4.69, 9.17) is 11.5 Å². The summed E-state index contributed by atoms with van der Waals surface area (Å²) >= 11 is 0. The Kier molecular flexibility index (Phi) is 4.74. The number of para-hydroxylation sites is 1. The quantitative estimate of drug-likeness (QED) is 0.739. The zero-order valence-corrected chi connectivity index (χ0v) is 15.2. The van der Waals surface area contributed by atoms with Crippen molar-refractivity contribution >= 4 is 22.7 Å². The second-order valence-electron chi connectivity index (χ2n) is 6.50. The summed E-state index contributed by atoms with van der Waals surface area (Å²) in [5.74, 6) is -0.482. The van der Waals surface area contributed by atoms with Gasteiger partial charge in [0.1, 0.15) is 6.17 Å². The molecule has 4 rings (SSSR count). The van der Waals surface area contributed by atoms with E-state index < -0.39 is 12.1 Å². The van der Waals surface area contributed by atoms with Crippen molar-refractivity contribution in [2.45, 2.75) is 6.17 Å². The van der Waals surface area contributed by atoms with Gasteiger partial charge >= 0.3 is 0 Å². The predicted molar refractivity (Wildman–Crippen MR) is 112 cm³/mol. The van der Waals surface area contributed by atoms with Crippen LogP contribution in [-0.4, -0.2) is 17.1 Å². The first-order valence-corrected chi connectivity index (χ1v) is 8.98. The van der Waals surface area contributed by atoms with Crippen LogP contribution in [0.4, 0.5) is 5.69 Å². The number of allylic oxidation sites excluding steroid dienone is 2. The number of rotatable bonds is 4. The van der Waals surface area contributed by atoms with Gasteiger partial charge in [-0.05, 0) is 47.5 Å². The maximum absolute atomic E-state index is 12.0. The fraction of sp³-hybridized carbons (Fsp3) is 0.0435. The molecule has 2 heterocycles. The molecule has 1 aliphatic rings. The number of nitrogens with zero attached hydrogens (tertiary/aromatic N) is 2. The molecule has 0 saturated heterocycles. The number of primary amides is 1. The smallest absolute Gasteiger partial charge is 0.249 e. The molecule has 0 fully saturated rings.